The van der Waals surface area contributed by atoms with Crippen LogP contribution in [0.15, 0.2) is 5.38 Å². The molecule has 0 amide bonds. The average Bonchev–Trinajstić information content (AvgIpc) is 2.72. The summed E-state index contributed by atoms with van der Waals surface area (Å²) in [4.78, 5) is 4.68. The summed E-state index contributed by atoms with van der Waals surface area (Å²) in [6.45, 7) is 6.81. The van der Waals surface area contributed by atoms with Crippen LogP contribution in [0.4, 0.5) is 0 Å². The molecule has 72 valence electrons. The van der Waals surface area contributed by atoms with Gasteiger partial charge in [-0.15, -0.1) is 11.3 Å². The zero-order chi connectivity index (χ0) is 9.47. The third-order valence-corrected chi connectivity index (χ3v) is 3.11. The number of hydrogen-bond acceptors (Lipinski definition) is 2. The first-order chi connectivity index (χ1) is 6.04. The lowest BCUT2D eigenvalue weighted by molar-refractivity contribution is 0.410. The Kier molecular flexibility index (Phi) is 2.18. The van der Waals surface area contributed by atoms with Gasteiger partial charge >= 0.3 is 0 Å². The smallest absolute Gasteiger partial charge is 0.0933 e. The summed E-state index contributed by atoms with van der Waals surface area (Å²) >= 11 is 1.83. The van der Waals surface area contributed by atoms with Gasteiger partial charge in [0.05, 0.1) is 10.7 Å². The normalized spacial score (nSPS) is 17.8. The van der Waals surface area contributed by atoms with Gasteiger partial charge in [0.1, 0.15) is 0 Å². The first-order valence-corrected chi connectivity index (χ1v) is 5.87. The third kappa shape index (κ3) is 2.53. The molecule has 0 aromatic carbocycles. The Morgan fingerprint density at radius 2 is 2.15 bits per heavy atom. The van der Waals surface area contributed by atoms with Gasteiger partial charge in [-0.05, 0) is 18.3 Å². The minimum Gasteiger partial charge on any atom is -0.246 e. The summed E-state index contributed by atoms with van der Waals surface area (Å²) in [6.07, 6.45) is 3.84. The lowest BCUT2D eigenvalue weighted by Gasteiger charge is -2.15. The van der Waals surface area contributed by atoms with E-state index in [1.165, 1.54) is 23.5 Å². The molecular weight excluding hydrogens is 178 g/mol. The molecule has 1 nitrogen and oxygen atoms in total. The highest BCUT2D eigenvalue weighted by atomic mass is 32.1. The summed E-state index contributed by atoms with van der Waals surface area (Å²) in [5.74, 6) is 0.810. The summed E-state index contributed by atoms with van der Waals surface area (Å²) in [5.41, 5.74) is 1.72. The van der Waals surface area contributed by atoms with E-state index in [4.69, 9.17) is 0 Å². The van der Waals surface area contributed by atoms with Crippen molar-refractivity contribution in [3.05, 3.63) is 16.1 Å². The van der Waals surface area contributed by atoms with E-state index >= 15 is 0 Å². The molecule has 0 spiro atoms. The largest absolute Gasteiger partial charge is 0.246 e. The van der Waals surface area contributed by atoms with Crippen molar-refractivity contribution in [1.29, 1.82) is 0 Å². The number of nitrogens with zero attached hydrogens (tertiary/aromatic N) is 1. The highest BCUT2D eigenvalue weighted by molar-refractivity contribution is 7.09. The molecule has 13 heavy (non-hydrogen) atoms. The maximum atomic E-state index is 4.68. The molecule has 0 N–H and O–H groups in total. The Hall–Kier alpha value is -0.370. The van der Waals surface area contributed by atoms with Gasteiger partial charge < -0.3 is 0 Å². The highest BCUT2D eigenvalue weighted by Gasteiger charge is 2.26. The molecule has 0 saturated heterocycles. The molecule has 0 atom stereocenters. The molecule has 1 aliphatic carbocycles. The van der Waals surface area contributed by atoms with Crippen LogP contribution >= 0.6 is 11.3 Å². The first-order valence-electron chi connectivity index (χ1n) is 4.99. The Balaban J connectivity index is 2.04. The molecule has 1 heterocycles. The van der Waals surface area contributed by atoms with E-state index in [0.29, 0.717) is 5.41 Å². The number of aromatic nitrogens is 1. The first kappa shape index (κ1) is 9.20. The van der Waals surface area contributed by atoms with Gasteiger partial charge in [-0.1, -0.05) is 20.8 Å². The van der Waals surface area contributed by atoms with Gasteiger partial charge in [-0.25, -0.2) is 4.98 Å². The van der Waals surface area contributed by atoms with Crippen LogP contribution in [0.1, 0.15) is 50.2 Å². The summed E-state index contributed by atoms with van der Waals surface area (Å²) in [5, 5.41) is 3.56. The topological polar surface area (TPSA) is 12.9 Å². The molecule has 1 fully saturated rings. The van der Waals surface area contributed by atoms with Crippen molar-refractivity contribution in [1.82, 2.24) is 4.98 Å². The molecule has 0 aliphatic heterocycles. The molecule has 1 aromatic rings. The van der Waals surface area contributed by atoms with E-state index in [1.54, 1.807) is 0 Å². The van der Waals surface area contributed by atoms with Gasteiger partial charge in [0, 0.05) is 17.7 Å². The lowest BCUT2D eigenvalue weighted by Crippen LogP contribution is -2.08. The second-order valence-corrected chi connectivity index (χ2v) is 6.12. The van der Waals surface area contributed by atoms with Crippen LogP contribution in [0.2, 0.25) is 0 Å². The average molecular weight is 195 g/mol. The van der Waals surface area contributed by atoms with E-state index in [0.717, 1.165) is 12.3 Å². The van der Waals surface area contributed by atoms with Crippen LogP contribution in [0, 0.1) is 5.41 Å². The molecule has 0 bridgehead atoms. The third-order valence-electron chi connectivity index (χ3n) is 2.25. The van der Waals surface area contributed by atoms with E-state index in [2.05, 4.69) is 31.1 Å². The van der Waals surface area contributed by atoms with Gasteiger partial charge in [-0.2, -0.15) is 0 Å². The predicted octanol–water partition coefficient (Wildman–Crippen LogP) is 3.61. The zero-order valence-electron chi connectivity index (χ0n) is 8.63. The predicted molar refractivity (Wildman–Crippen MR) is 57.2 cm³/mol. The van der Waals surface area contributed by atoms with E-state index in [9.17, 15) is 0 Å². The molecule has 1 aromatic heterocycles. The second kappa shape index (κ2) is 3.09. The Bertz CT molecular complexity index is 291. The molecule has 1 saturated carbocycles. The monoisotopic (exact) mass is 195 g/mol. The van der Waals surface area contributed by atoms with Gasteiger partial charge in [-0.3, -0.25) is 0 Å². The molecule has 0 unspecified atom stereocenters. The van der Waals surface area contributed by atoms with Crippen molar-refractivity contribution >= 4 is 11.3 Å². The van der Waals surface area contributed by atoms with E-state index < -0.39 is 0 Å². The molecular formula is C11H17NS. The molecule has 2 heteroatoms. The van der Waals surface area contributed by atoms with Crippen LogP contribution < -0.4 is 0 Å². The van der Waals surface area contributed by atoms with Crippen LogP contribution in [-0.2, 0) is 6.42 Å². The fourth-order valence-corrected chi connectivity index (χ4v) is 2.60. The van der Waals surface area contributed by atoms with Crippen molar-refractivity contribution < 1.29 is 0 Å². The Morgan fingerprint density at radius 3 is 2.69 bits per heavy atom. The van der Waals surface area contributed by atoms with Crippen molar-refractivity contribution in [3.8, 4) is 0 Å². The highest BCUT2D eigenvalue weighted by Crippen LogP contribution is 2.40. The summed E-state index contributed by atoms with van der Waals surface area (Å²) in [6, 6.07) is 0. The molecule has 2 rings (SSSR count). The molecule has 0 radical (unpaired) electrons. The van der Waals surface area contributed by atoms with Crippen molar-refractivity contribution in [3.63, 3.8) is 0 Å². The van der Waals surface area contributed by atoms with Crippen molar-refractivity contribution in [2.24, 2.45) is 5.41 Å². The fourth-order valence-electron chi connectivity index (χ4n) is 1.43. The zero-order valence-corrected chi connectivity index (χ0v) is 9.45. The standard InChI is InChI=1S/C11H17NS/c1-11(2,3)6-10-12-9(7-13-10)8-4-5-8/h7-8H,4-6H2,1-3H3. The lowest BCUT2D eigenvalue weighted by atomic mass is 9.93. The number of thiazole rings is 1. The Morgan fingerprint density at radius 1 is 1.46 bits per heavy atom. The van der Waals surface area contributed by atoms with Crippen LogP contribution in [-0.4, -0.2) is 4.98 Å². The van der Waals surface area contributed by atoms with Gasteiger partial charge in [0.25, 0.3) is 0 Å². The van der Waals surface area contributed by atoms with Crippen LogP contribution in [0.3, 0.4) is 0 Å². The van der Waals surface area contributed by atoms with Gasteiger partial charge in [0.15, 0.2) is 0 Å². The minimum atomic E-state index is 0.374. The SMILES string of the molecule is CC(C)(C)Cc1nc(C2CC2)cs1. The van der Waals surface area contributed by atoms with E-state index in [-0.39, 0.29) is 0 Å². The van der Waals surface area contributed by atoms with E-state index in [1.807, 2.05) is 11.3 Å². The fraction of sp³-hybridized carbons (Fsp3) is 0.727. The number of rotatable bonds is 2. The van der Waals surface area contributed by atoms with Crippen LogP contribution in [0.25, 0.3) is 0 Å². The number of hydrogen-bond donors (Lipinski definition) is 0. The van der Waals surface area contributed by atoms with Crippen molar-refractivity contribution in [2.75, 3.05) is 0 Å². The minimum absolute atomic E-state index is 0.374. The maximum absolute atomic E-state index is 4.68. The Labute approximate surface area is 84.2 Å². The summed E-state index contributed by atoms with van der Waals surface area (Å²) in [7, 11) is 0. The van der Waals surface area contributed by atoms with Crippen molar-refractivity contribution in [2.45, 2.75) is 46.0 Å². The quantitative estimate of drug-likeness (QED) is 0.702. The summed E-state index contributed by atoms with van der Waals surface area (Å²) < 4.78 is 0. The van der Waals surface area contributed by atoms with Crippen LogP contribution in [0.5, 0.6) is 0 Å². The molecule has 1 aliphatic rings. The second-order valence-electron chi connectivity index (χ2n) is 5.18. The van der Waals surface area contributed by atoms with Gasteiger partial charge in [0.2, 0.25) is 0 Å². The maximum Gasteiger partial charge on any atom is 0.0933 e.